The van der Waals surface area contributed by atoms with Crippen LogP contribution in [0.1, 0.15) is 38.7 Å². The molecule has 0 radical (unpaired) electrons. The third-order valence-corrected chi connectivity index (χ3v) is 3.52. The predicted molar refractivity (Wildman–Crippen MR) is 78.5 cm³/mol. The number of carbonyl (C=O) groups excluding carboxylic acids is 1. The summed E-state index contributed by atoms with van der Waals surface area (Å²) >= 11 is 0. The lowest BCUT2D eigenvalue weighted by Crippen LogP contribution is -2.39. The zero-order chi connectivity index (χ0) is 15.1. The number of carboxylic acids is 1. The molecule has 0 spiro atoms. The Morgan fingerprint density at radius 3 is 2.25 bits per heavy atom. The molecule has 4 nitrogen and oxygen atoms in total. The van der Waals surface area contributed by atoms with Gasteiger partial charge in [0.2, 0.25) is 5.91 Å². The molecule has 20 heavy (non-hydrogen) atoms. The van der Waals surface area contributed by atoms with Gasteiger partial charge in [-0.2, -0.15) is 0 Å². The van der Waals surface area contributed by atoms with Crippen LogP contribution in [0.2, 0.25) is 0 Å². The molecule has 0 heterocycles. The molecular weight excluding hydrogens is 254 g/mol. The molecule has 0 fully saturated rings. The molecule has 0 bridgehead atoms. The van der Waals surface area contributed by atoms with Crippen molar-refractivity contribution < 1.29 is 14.7 Å². The molecule has 0 aliphatic rings. The van der Waals surface area contributed by atoms with E-state index in [1.807, 2.05) is 44.2 Å². The van der Waals surface area contributed by atoms with E-state index < -0.39 is 11.9 Å². The van der Waals surface area contributed by atoms with Crippen molar-refractivity contribution in [3.05, 3.63) is 35.9 Å². The Labute approximate surface area is 120 Å². The first-order valence-corrected chi connectivity index (χ1v) is 7.07. The topological polar surface area (TPSA) is 57.6 Å². The minimum absolute atomic E-state index is 0.00861. The zero-order valence-electron chi connectivity index (χ0n) is 12.4. The average Bonchev–Trinajstić information content (AvgIpc) is 2.46. The highest BCUT2D eigenvalue weighted by Crippen LogP contribution is 2.22. The third kappa shape index (κ3) is 4.08. The van der Waals surface area contributed by atoms with E-state index in [0.29, 0.717) is 13.0 Å². The van der Waals surface area contributed by atoms with Crippen molar-refractivity contribution in [2.24, 2.45) is 5.92 Å². The lowest BCUT2D eigenvalue weighted by Gasteiger charge is -2.27. The van der Waals surface area contributed by atoms with Gasteiger partial charge in [0, 0.05) is 13.1 Å². The molecule has 1 aromatic rings. The van der Waals surface area contributed by atoms with Gasteiger partial charge in [0.25, 0.3) is 0 Å². The Bertz CT molecular complexity index is 444. The van der Waals surface area contributed by atoms with Gasteiger partial charge in [0.05, 0.1) is 11.8 Å². The minimum atomic E-state index is -0.871. The fourth-order valence-corrected chi connectivity index (χ4v) is 2.24. The Balaban J connectivity index is 2.85. The SMILES string of the molecule is CCC(C(=O)N(CC)CC(C)C(=O)O)c1ccccc1. The van der Waals surface area contributed by atoms with E-state index >= 15 is 0 Å². The van der Waals surface area contributed by atoms with Crippen LogP contribution >= 0.6 is 0 Å². The number of carbonyl (C=O) groups is 2. The molecule has 1 rings (SSSR count). The Kier molecular flexibility index (Phi) is 6.22. The summed E-state index contributed by atoms with van der Waals surface area (Å²) in [5.41, 5.74) is 0.987. The van der Waals surface area contributed by atoms with Crippen LogP contribution in [0.4, 0.5) is 0 Å². The van der Waals surface area contributed by atoms with Gasteiger partial charge in [0.1, 0.15) is 0 Å². The monoisotopic (exact) mass is 277 g/mol. The number of carboxylic acid groups (broad SMARTS) is 1. The molecule has 2 unspecified atom stereocenters. The van der Waals surface area contributed by atoms with E-state index in [1.165, 1.54) is 0 Å². The molecule has 0 aromatic heterocycles. The van der Waals surface area contributed by atoms with Crippen LogP contribution in [0.15, 0.2) is 30.3 Å². The van der Waals surface area contributed by atoms with E-state index in [9.17, 15) is 9.59 Å². The van der Waals surface area contributed by atoms with E-state index in [4.69, 9.17) is 5.11 Å². The van der Waals surface area contributed by atoms with Gasteiger partial charge in [-0.3, -0.25) is 9.59 Å². The molecule has 1 aromatic carbocycles. The van der Waals surface area contributed by atoms with E-state index in [1.54, 1.807) is 11.8 Å². The lowest BCUT2D eigenvalue weighted by atomic mass is 9.94. The second-order valence-electron chi connectivity index (χ2n) is 4.99. The Morgan fingerprint density at radius 1 is 1.20 bits per heavy atom. The summed E-state index contributed by atoms with van der Waals surface area (Å²) in [7, 11) is 0. The van der Waals surface area contributed by atoms with E-state index in [2.05, 4.69) is 0 Å². The zero-order valence-corrected chi connectivity index (χ0v) is 12.4. The average molecular weight is 277 g/mol. The molecule has 0 saturated heterocycles. The minimum Gasteiger partial charge on any atom is -0.481 e. The molecule has 1 N–H and O–H groups in total. The molecule has 4 heteroatoms. The van der Waals surface area contributed by atoms with Crippen molar-refractivity contribution in [3.8, 4) is 0 Å². The molecule has 2 atom stereocenters. The Morgan fingerprint density at radius 2 is 1.80 bits per heavy atom. The van der Waals surface area contributed by atoms with E-state index in [0.717, 1.165) is 5.56 Å². The van der Waals surface area contributed by atoms with Crippen LogP contribution in [0.25, 0.3) is 0 Å². The molecule has 0 aliphatic carbocycles. The van der Waals surface area contributed by atoms with Crippen molar-refractivity contribution in [2.75, 3.05) is 13.1 Å². The standard InChI is InChI=1S/C16H23NO3/c1-4-14(13-9-7-6-8-10-13)15(18)17(5-2)11-12(3)16(19)20/h6-10,12,14H,4-5,11H2,1-3H3,(H,19,20). The first kappa shape index (κ1) is 16.2. The molecule has 1 amide bonds. The van der Waals surface area contributed by atoms with Crippen LogP contribution in [0, 0.1) is 5.92 Å². The smallest absolute Gasteiger partial charge is 0.308 e. The normalized spacial score (nSPS) is 13.6. The van der Waals surface area contributed by atoms with Crippen LogP contribution in [0.3, 0.4) is 0 Å². The summed E-state index contributed by atoms with van der Waals surface area (Å²) < 4.78 is 0. The number of benzene rings is 1. The van der Waals surface area contributed by atoms with Gasteiger partial charge in [-0.15, -0.1) is 0 Å². The van der Waals surface area contributed by atoms with Crippen molar-refractivity contribution in [1.29, 1.82) is 0 Å². The fourth-order valence-electron chi connectivity index (χ4n) is 2.24. The summed E-state index contributed by atoms with van der Waals surface area (Å²) in [6.45, 7) is 6.27. The van der Waals surface area contributed by atoms with Crippen molar-refractivity contribution in [3.63, 3.8) is 0 Å². The van der Waals surface area contributed by atoms with Gasteiger partial charge < -0.3 is 10.0 Å². The van der Waals surface area contributed by atoms with Crippen molar-refractivity contribution >= 4 is 11.9 Å². The first-order chi connectivity index (χ1) is 9.51. The van der Waals surface area contributed by atoms with Gasteiger partial charge in [0.15, 0.2) is 0 Å². The molecular formula is C16H23NO3. The van der Waals surface area contributed by atoms with Gasteiger partial charge >= 0.3 is 5.97 Å². The summed E-state index contributed by atoms with van der Waals surface area (Å²) in [5.74, 6) is -1.61. The van der Waals surface area contributed by atoms with Gasteiger partial charge in [-0.05, 0) is 18.9 Å². The van der Waals surface area contributed by atoms with Crippen LogP contribution in [-0.2, 0) is 9.59 Å². The number of rotatable bonds is 7. The predicted octanol–water partition coefficient (Wildman–Crippen LogP) is 2.75. The molecule has 110 valence electrons. The number of likely N-dealkylation sites (N-methyl/N-ethyl adjacent to an activating group) is 1. The summed E-state index contributed by atoms with van der Waals surface area (Å²) in [6, 6.07) is 9.65. The van der Waals surface area contributed by atoms with Crippen LogP contribution in [0.5, 0.6) is 0 Å². The number of hydrogen-bond acceptors (Lipinski definition) is 2. The maximum Gasteiger partial charge on any atom is 0.308 e. The van der Waals surface area contributed by atoms with Crippen molar-refractivity contribution in [1.82, 2.24) is 4.90 Å². The van der Waals surface area contributed by atoms with Gasteiger partial charge in [-0.1, -0.05) is 44.2 Å². The van der Waals surface area contributed by atoms with Crippen LogP contribution < -0.4 is 0 Å². The third-order valence-electron chi connectivity index (χ3n) is 3.52. The largest absolute Gasteiger partial charge is 0.481 e. The maximum atomic E-state index is 12.6. The second-order valence-corrected chi connectivity index (χ2v) is 4.99. The first-order valence-electron chi connectivity index (χ1n) is 7.07. The fraction of sp³-hybridized carbons (Fsp3) is 0.500. The van der Waals surface area contributed by atoms with E-state index in [-0.39, 0.29) is 18.4 Å². The summed E-state index contributed by atoms with van der Waals surface area (Å²) in [5, 5.41) is 8.98. The highest BCUT2D eigenvalue weighted by atomic mass is 16.4. The highest BCUT2D eigenvalue weighted by Gasteiger charge is 2.26. The number of aliphatic carboxylic acids is 1. The number of hydrogen-bond donors (Lipinski definition) is 1. The summed E-state index contributed by atoms with van der Waals surface area (Å²) in [4.78, 5) is 25.2. The highest BCUT2D eigenvalue weighted by molar-refractivity contribution is 5.84. The Hall–Kier alpha value is -1.84. The lowest BCUT2D eigenvalue weighted by molar-refractivity contribution is -0.143. The summed E-state index contributed by atoms with van der Waals surface area (Å²) in [6.07, 6.45) is 0.709. The van der Waals surface area contributed by atoms with Gasteiger partial charge in [-0.25, -0.2) is 0 Å². The number of nitrogens with zero attached hydrogens (tertiary/aromatic N) is 1. The maximum absolute atomic E-state index is 12.6. The number of amides is 1. The molecule has 0 saturated carbocycles. The quantitative estimate of drug-likeness (QED) is 0.833. The molecule has 0 aliphatic heterocycles. The van der Waals surface area contributed by atoms with Crippen LogP contribution in [-0.4, -0.2) is 35.0 Å². The van der Waals surface area contributed by atoms with Crippen molar-refractivity contribution in [2.45, 2.75) is 33.1 Å². The second kappa shape index (κ2) is 7.68.